The third kappa shape index (κ3) is 4.15. The minimum Gasteiger partial charge on any atom is -0.497 e. The maximum Gasteiger partial charge on any atom is 0.188 e. The van der Waals surface area contributed by atoms with E-state index < -0.39 is 0 Å². The molecule has 1 aromatic carbocycles. The van der Waals surface area contributed by atoms with Crippen LogP contribution in [0.1, 0.15) is 51.5 Å². The highest BCUT2D eigenvalue weighted by atomic mass is 16.5. The van der Waals surface area contributed by atoms with Crippen molar-refractivity contribution in [3.05, 3.63) is 29.8 Å². The van der Waals surface area contributed by atoms with Gasteiger partial charge in [-0.3, -0.25) is 4.99 Å². The SMILES string of the molecule is COc1ccc(C2(CN=C(N)NC(C)C)CCCCC2)cc1. The quantitative estimate of drug-likeness (QED) is 0.648. The van der Waals surface area contributed by atoms with Crippen LogP contribution in [0.5, 0.6) is 5.75 Å². The van der Waals surface area contributed by atoms with Crippen LogP contribution in [0, 0.1) is 0 Å². The Kier molecular flexibility index (Phi) is 5.69. The molecule has 4 nitrogen and oxygen atoms in total. The van der Waals surface area contributed by atoms with Crippen LogP contribution in [0.3, 0.4) is 0 Å². The van der Waals surface area contributed by atoms with Gasteiger partial charge in [0.15, 0.2) is 5.96 Å². The van der Waals surface area contributed by atoms with Crippen LogP contribution >= 0.6 is 0 Å². The van der Waals surface area contributed by atoms with E-state index in [1.165, 1.54) is 37.7 Å². The van der Waals surface area contributed by atoms with Crippen LogP contribution in [0.15, 0.2) is 29.3 Å². The van der Waals surface area contributed by atoms with Gasteiger partial charge in [0.05, 0.1) is 13.7 Å². The van der Waals surface area contributed by atoms with Crippen LogP contribution in [-0.4, -0.2) is 25.7 Å². The molecule has 1 saturated carbocycles. The standard InChI is InChI=1S/C18H29N3O/c1-14(2)21-17(19)20-13-18(11-5-4-6-12-18)15-7-9-16(22-3)10-8-15/h7-10,14H,4-6,11-13H2,1-3H3,(H3,19,20,21). The summed E-state index contributed by atoms with van der Waals surface area (Å²) in [7, 11) is 1.70. The van der Waals surface area contributed by atoms with Crippen LogP contribution in [0.4, 0.5) is 0 Å². The third-order valence-electron chi connectivity index (χ3n) is 4.50. The minimum absolute atomic E-state index is 0.119. The molecule has 3 N–H and O–H groups in total. The van der Waals surface area contributed by atoms with E-state index in [1.807, 2.05) is 12.1 Å². The zero-order valence-electron chi connectivity index (χ0n) is 14.1. The molecule has 4 heteroatoms. The molecule has 0 aromatic heterocycles. The number of hydrogen-bond donors (Lipinski definition) is 2. The average Bonchev–Trinajstić information content (AvgIpc) is 2.53. The number of nitrogens with zero attached hydrogens (tertiary/aromatic N) is 1. The Morgan fingerprint density at radius 3 is 2.41 bits per heavy atom. The van der Waals surface area contributed by atoms with Gasteiger partial charge in [-0.05, 0) is 44.4 Å². The van der Waals surface area contributed by atoms with Crippen molar-refractivity contribution >= 4 is 5.96 Å². The Balaban J connectivity index is 2.19. The summed E-state index contributed by atoms with van der Waals surface area (Å²) < 4.78 is 5.27. The van der Waals surface area contributed by atoms with Crippen molar-refractivity contribution < 1.29 is 4.74 Å². The second-order valence-corrected chi connectivity index (χ2v) is 6.57. The van der Waals surface area contributed by atoms with Gasteiger partial charge in [0, 0.05) is 11.5 Å². The number of rotatable bonds is 5. The van der Waals surface area contributed by atoms with Crippen LogP contribution < -0.4 is 15.8 Å². The molecule has 0 unspecified atom stereocenters. The smallest absolute Gasteiger partial charge is 0.188 e. The monoisotopic (exact) mass is 303 g/mol. The average molecular weight is 303 g/mol. The highest BCUT2D eigenvalue weighted by Gasteiger charge is 2.33. The topological polar surface area (TPSA) is 59.6 Å². The summed E-state index contributed by atoms with van der Waals surface area (Å²) in [6, 6.07) is 8.78. The fraction of sp³-hybridized carbons (Fsp3) is 0.611. The molecule has 0 radical (unpaired) electrons. The van der Waals surface area contributed by atoms with Crippen molar-refractivity contribution in [2.24, 2.45) is 10.7 Å². The van der Waals surface area contributed by atoms with E-state index in [9.17, 15) is 0 Å². The van der Waals surface area contributed by atoms with Crippen LogP contribution in [0.2, 0.25) is 0 Å². The largest absolute Gasteiger partial charge is 0.497 e. The van der Waals surface area contributed by atoms with Gasteiger partial charge in [0.2, 0.25) is 0 Å². The summed E-state index contributed by atoms with van der Waals surface area (Å²) in [5.74, 6) is 1.45. The third-order valence-corrected chi connectivity index (χ3v) is 4.50. The maximum absolute atomic E-state index is 5.99. The Labute approximate surface area is 134 Å². The van der Waals surface area contributed by atoms with E-state index in [-0.39, 0.29) is 5.41 Å². The van der Waals surface area contributed by atoms with E-state index in [4.69, 9.17) is 10.5 Å². The summed E-state index contributed by atoms with van der Waals surface area (Å²) in [5.41, 5.74) is 7.47. The van der Waals surface area contributed by atoms with E-state index in [2.05, 4.69) is 36.3 Å². The molecule has 0 amide bonds. The van der Waals surface area contributed by atoms with Crippen molar-refractivity contribution in [2.45, 2.75) is 57.4 Å². The second-order valence-electron chi connectivity index (χ2n) is 6.57. The maximum atomic E-state index is 5.99. The minimum atomic E-state index is 0.119. The molecule has 1 aromatic rings. The molecule has 0 atom stereocenters. The molecule has 2 rings (SSSR count). The molecule has 0 spiro atoms. The first-order chi connectivity index (χ1) is 10.6. The van der Waals surface area contributed by atoms with Crippen molar-refractivity contribution in [1.82, 2.24) is 5.32 Å². The molecule has 1 aliphatic carbocycles. The number of ether oxygens (including phenoxy) is 1. The number of benzene rings is 1. The van der Waals surface area contributed by atoms with Gasteiger partial charge in [0.1, 0.15) is 5.75 Å². The first kappa shape index (κ1) is 16.7. The van der Waals surface area contributed by atoms with Crippen molar-refractivity contribution in [1.29, 1.82) is 0 Å². The second kappa shape index (κ2) is 7.52. The lowest BCUT2D eigenvalue weighted by atomic mass is 9.69. The number of methoxy groups -OCH3 is 1. The van der Waals surface area contributed by atoms with Crippen molar-refractivity contribution in [2.75, 3.05) is 13.7 Å². The zero-order valence-corrected chi connectivity index (χ0v) is 14.1. The molecule has 1 aliphatic rings. The summed E-state index contributed by atoms with van der Waals surface area (Å²) in [4.78, 5) is 4.63. The van der Waals surface area contributed by atoms with Gasteiger partial charge in [-0.25, -0.2) is 0 Å². The number of nitrogens with two attached hydrogens (primary N) is 1. The zero-order chi connectivity index (χ0) is 16.0. The molecular formula is C18H29N3O. The predicted octanol–water partition coefficient (Wildman–Crippen LogP) is 3.21. The van der Waals surface area contributed by atoms with Gasteiger partial charge in [-0.1, -0.05) is 31.4 Å². The summed E-state index contributed by atoms with van der Waals surface area (Å²) in [6.07, 6.45) is 6.20. The molecule has 122 valence electrons. The Bertz CT molecular complexity index is 488. The van der Waals surface area contributed by atoms with Gasteiger partial charge >= 0.3 is 0 Å². The lowest BCUT2D eigenvalue weighted by Crippen LogP contribution is -2.39. The normalized spacial score (nSPS) is 18.3. The molecule has 1 fully saturated rings. The fourth-order valence-corrected chi connectivity index (χ4v) is 3.29. The van der Waals surface area contributed by atoms with E-state index in [0.29, 0.717) is 12.0 Å². The molecular weight excluding hydrogens is 274 g/mol. The number of hydrogen-bond acceptors (Lipinski definition) is 2. The molecule has 22 heavy (non-hydrogen) atoms. The fourth-order valence-electron chi connectivity index (χ4n) is 3.29. The summed E-state index contributed by atoms with van der Waals surface area (Å²) in [5, 5.41) is 3.18. The van der Waals surface area contributed by atoms with Gasteiger partial charge < -0.3 is 15.8 Å². The summed E-state index contributed by atoms with van der Waals surface area (Å²) in [6.45, 7) is 4.90. The number of guanidine groups is 1. The van der Waals surface area contributed by atoms with Crippen LogP contribution in [-0.2, 0) is 5.41 Å². The van der Waals surface area contributed by atoms with E-state index >= 15 is 0 Å². The molecule has 0 aliphatic heterocycles. The van der Waals surface area contributed by atoms with E-state index in [1.54, 1.807) is 7.11 Å². The Morgan fingerprint density at radius 1 is 1.23 bits per heavy atom. The van der Waals surface area contributed by atoms with Crippen molar-refractivity contribution in [3.8, 4) is 5.75 Å². The molecule has 0 bridgehead atoms. The van der Waals surface area contributed by atoms with Gasteiger partial charge in [-0.2, -0.15) is 0 Å². The van der Waals surface area contributed by atoms with Gasteiger partial charge in [0.25, 0.3) is 0 Å². The van der Waals surface area contributed by atoms with E-state index in [0.717, 1.165) is 12.3 Å². The first-order valence-corrected chi connectivity index (χ1v) is 8.27. The molecule has 0 saturated heterocycles. The highest BCUT2D eigenvalue weighted by molar-refractivity contribution is 5.78. The number of nitrogens with one attached hydrogen (secondary N) is 1. The highest BCUT2D eigenvalue weighted by Crippen LogP contribution is 2.40. The van der Waals surface area contributed by atoms with Gasteiger partial charge in [-0.15, -0.1) is 0 Å². The number of aliphatic imine (C=N–C) groups is 1. The first-order valence-electron chi connectivity index (χ1n) is 8.27. The van der Waals surface area contributed by atoms with Crippen LogP contribution in [0.25, 0.3) is 0 Å². The Hall–Kier alpha value is -1.71. The molecule has 0 heterocycles. The lowest BCUT2D eigenvalue weighted by Gasteiger charge is -2.37. The summed E-state index contributed by atoms with van der Waals surface area (Å²) >= 11 is 0. The predicted molar refractivity (Wildman–Crippen MR) is 92.5 cm³/mol. The lowest BCUT2D eigenvalue weighted by molar-refractivity contribution is 0.301. The Morgan fingerprint density at radius 2 is 1.86 bits per heavy atom. The van der Waals surface area contributed by atoms with Crippen molar-refractivity contribution in [3.63, 3.8) is 0 Å².